The molecule has 0 saturated carbocycles. The first kappa shape index (κ1) is 19.7. The summed E-state index contributed by atoms with van der Waals surface area (Å²) in [5.41, 5.74) is 0.957. The van der Waals surface area contributed by atoms with Crippen molar-refractivity contribution in [2.45, 2.75) is 58.0 Å². The van der Waals surface area contributed by atoms with Crippen LogP contribution in [0.4, 0.5) is 10.1 Å². The van der Waals surface area contributed by atoms with Gasteiger partial charge in [0.25, 0.3) is 0 Å². The molecule has 0 aromatic heterocycles. The minimum Gasteiger partial charge on any atom is -0.363 e. The Kier molecular flexibility index (Phi) is 5.38. The molecule has 0 aliphatic carbocycles. The van der Waals surface area contributed by atoms with Crippen molar-refractivity contribution >= 4 is 11.6 Å². The van der Waals surface area contributed by atoms with Gasteiger partial charge in [-0.2, -0.15) is 0 Å². The van der Waals surface area contributed by atoms with Crippen molar-refractivity contribution in [3.05, 3.63) is 30.1 Å². The molecule has 154 valence electrons. The summed E-state index contributed by atoms with van der Waals surface area (Å²) >= 11 is 0. The topological polar surface area (TPSA) is 26.8 Å². The number of hydrogen-bond acceptors (Lipinski definition) is 3. The Morgan fingerprint density at radius 1 is 1.18 bits per heavy atom. The summed E-state index contributed by atoms with van der Waals surface area (Å²) in [7, 11) is 0. The van der Waals surface area contributed by atoms with Gasteiger partial charge in [0.2, 0.25) is 5.91 Å². The van der Waals surface area contributed by atoms with Crippen LogP contribution in [0, 0.1) is 17.7 Å². The van der Waals surface area contributed by atoms with E-state index in [4.69, 9.17) is 0 Å². The van der Waals surface area contributed by atoms with E-state index >= 15 is 0 Å². The summed E-state index contributed by atoms with van der Waals surface area (Å²) in [4.78, 5) is 20.1. The van der Waals surface area contributed by atoms with Crippen molar-refractivity contribution in [3.63, 3.8) is 0 Å². The molecule has 0 N–H and O–H groups in total. The predicted molar refractivity (Wildman–Crippen MR) is 111 cm³/mol. The number of likely N-dealkylation sites (tertiary alicyclic amines) is 2. The number of fused-ring (bicyclic) bond motifs is 1. The third-order valence-corrected chi connectivity index (χ3v) is 7.22. The van der Waals surface area contributed by atoms with Crippen LogP contribution in [-0.2, 0) is 4.79 Å². The Bertz CT molecular complexity index is 714. The zero-order valence-corrected chi connectivity index (χ0v) is 17.5. The van der Waals surface area contributed by atoms with E-state index in [1.807, 2.05) is 6.07 Å². The lowest BCUT2D eigenvalue weighted by atomic mass is 9.88. The molecule has 1 amide bonds. The van der Waals surface area contributed by atoms with E-state index in [-0.39, 0.29) is 17.3 Å². The summed E-state index contributed by atoms with van der Waals surface area (Å²) in [6, 6.07) is 7.38. The number of rotatable bonds is 3. The van der Waals surface area contributed by atoms with E-state index in [9.17, 15) is 9.18 Å². The van der Waals surface area contributed by atoms with Gasteiger partial charge in [-0.1, -0.05) is 13.0 Å². The maximum absolute atomic E-state index is 13.8. The first-order valence-corrected chi connectivity index (χ1v) is 10.9. The molecule has 0 bridgehead atoms. The fourth-order valence-corrected chi connectivity index (χ4v) is 5.87. The fourth-order valence-electron chi connectivity index (χ4n) is 5.87. The molecule has 0 radical (unpaired) electrons. The number of benzene rings is 1. The van der Waals surface area contributed by atoms with Gasteiger partial charge < -0.3 is 14.7 Å². The second kappa shape index (κ2) is 7.66. The number of halogens is 1. The summed E-state index contributed by atoms with van der Waals surface area (Å²) in [5, 5.41) is 0. The molecule has 0 spiro atoms. The normalized spacial score (nSPS) is 28.4. The van der Waals surface area contributed by atoms with E-state index in [0.29, 0.717) is 17.9 Å². The molecule has 3 aliphatic heterocycles. The predicted octanol–water partition coefficient (Wildman–Crippen LogP) is 3.76. The first-order valence-electron chi connectivity index (χ1n) is 10.9. The first-order chi connectivity index (χ1) is 13.4. The molecule has 3 heterocycles. The zero-order chi connectivity index (χ0) is 19.9. The van der Waals surface area contributed by atoms with Gasteiger partial charge in [0.15, 0.2) is 0 Å². The standard InChI is InChI=1S/C23H34FN3O/c1-4-25-11-8-17(9-12-25)22(28)26-13-10-21-18(16-26)15-23(2,3)27(21)20-7-5-6-19(24)14-20/h5-7,14,17-18,21H,4,8-13,15-16H2,1-3H3/t18-,21+/m1/s1. The number of anilines is 1. The summed E-state index contributed by atoms with van der Waals surface area (Å²) in [6.45, 7) is 11.6. The van der Waals surface area contributed by atoms with Gasteiger partial charge in [-0.25, -0.2) is 4.39 Å². The lowest BCUT2D eigenvalue weighted by Crippen LogP contribution is -2.52. The van der Waals surface area contributed by atoms with Crippen LogP contribution in [0.2, 0.25) is 0 Å². The Morgan fingerprint density at radius 2 is 1.93 bits per heavy atom. The van der Waals surface area contributed by atoms with E-state index < -0.39 is 0 Å². The molecule has 3 aliphatic rings. The highest BCUT2D eigenvalue weighted by Gasteiger charge is 2.49. The molecular formula is C23H34FN3O. The van der Waals surface area contributed by atoms with Gasteiger partial charge in [0.05, 0.1) is 0 Å². The zero-order valence-electron chi connectivity index (χ0n) is 17.5. The summed E-state index contributed by atoms with van der Waals surface area (Å²) in [5.74, 6) is 0.860. The minimum atomic E-state index is -0.178. The van der Waals surface area contributed by atoms with Gasteiger partial charge in [0, 0.05) is 36.3 Å². The van der Waals surface area contributed by atoms with Crippen molar-refractivity contribution in [1.82, 2.24) is 9.80 Å². The Balaban J connectivity index is 1.44. The van der Waals surface area contributed by atoms with Crippen molar-refractivity contribution in [2.75, 3.05) is 37.6 Å². The van der Waals surface area contributed by atoms with Gasteiger partial charge in [-0.3, -0.25) is 4.79 Å². The average molecular weight is 388 g/mol. The number of hydrogen-bond donors (Lipinski definition) is 0. The van der Waals surface area contributed by atoms with Gasteiger partial charge in [-0.05, 0) is 83.3 Å². The van der Waals surface area contributed by atoms with Crippen LogP contribution < -0.4 is 4.90 Å². The maximum Gasteiger partial charge on any atom is 0.225 e. The van der Waals surface area contributed by atoms with Crippen LogP contribution in [0.5, 0.6) is 0 Å². The molecule has 1 aromatic rings. The highest BCUT2D eigenvalue weighted by Crippen LogP contribution is 2.45. The van der Waals surface area contributed by atoms with E-state index in [1.165, 1.54) is 6.07 Å². The fraction of sp³-hybridized carbons (Fsp3) is 0.696. The smallest absolute Gasteiger partial charge is 0.225 e. The Labute approximate surface area is 168 Å². The second-order valence-electron chi connectivity index (χ2n) is 9.48. The number of carbonyl (C=O) groups is 1. The molecule has 5 heteroatoms. The largest absolute Gasteiger partial charge is 0.363 e. The third kappa shape index (κ3) is 3.66. The van der Waals surface area contributed by atoms with Crippen LogP contribution in [0.15, 0.2) is 24.3 Å². The highest BCUT2D eigenvalue weighted by atomic mass is 19.1. The van der Waals surface area contributed by atoms with Crippen molar-refractivity contribution in [2.24, 2.45) is 11.8 Å². The molecule has 3 fully saturated rings. The van der Waals surface area contributed by atoms with Crippen LogP contribution in [0.1, 0.15) is 46.5 Å². The van der Waals surface area contributed by atoms with Crippen LogP contribution in [0.25, 0.3) is 0 Å². The van der Waals surface area contributed by atoms with Gasteiger partial charge in [-0.15, -0.1) is 0 Å². The highest BCUT2D eigenvalue weighted by molar-refractivity contribution is 5.79. The molecular weight excluding hydrogens is 353 g/mol. The minimum absolute atomic E-state index is 0.0192. The van der Waals surface area contributed by atoms with Crippen LogP contribution >= 0.6 is 0 Å². The lowest BCUT2D eigenvalue weighted by Gasteiger charge is -2.43. The lowest BCUT2D eigenvalue weighted by molar-refractivity contribution is -0.139. The maximum atomic E-state index is 13.8. The molecule has 28 heavy (non-hydrogen) atoms. The van der Waals surface area contributed by atoms with Crippen LogP contribution in [-0.4, -0.2) is 60.0 Å². The monoisotopic (exact) mass is 387 g/mol. The number of carbonyl (C=O) groups excluding carboxylic acids is 1. The molecule has 4 nitrogen and oxygen atoms in total. The number of piperidine rings is 2. The second-order valence-corrected chi connectivity index (χ2v) is 9.48. The number of nitrogens with zero attached hydrogens (tertiary/aromatic N) is 3. The average Bonchev–Trinajstić information content (AvgIpc) is 2.96. The van der Waals surface area contributed by atoms with Crippen LogP contribution in [0.3, 0.4) is 0 Å². The summed E-state index contributed by atoms with van der Waals surface area (Å²) < 4.78 is 13.8. The van der Waals surface area contributed by atoms with E-state index in [2.05, 4.69) is 35.5 Å². The third-order valence-electron chi connectivity index (χ3n) is 7.22. The molecule has 3 saturated heterocycles. The quantitative estimate of drug-likeness (QED) is 0.790. The van der Waals surface area contributed by atoms with Crippen molar-refractivity contribution < 1.29 is 9.18 Å². The molecule has 1 aromatic carbocycles. The molecule has 4 rings (SSSR count). The van der Waals surface area contributed by atoms with E-state index in [1.54, 1.807) is 12.1 Å². The SMILES string of the molecule is CCN1CCC(C(=O)N2CC[C@H]3[C@@H](C2)CC(C)(C)N3c2cccc(F)c2)CC1. The van der Waals surface area contributed by atoms with Gasteiger partial charge in [0.1, 0.15) is 5.82 Å². The number of amides is 1. The molecule has 0 unspecified atom stereocenters. The Hall–Kier alpha value is -1.62. The van der Waals surface area contributed by atoms with Crippen molar-refractivity contribution in [3.8, 4) is 0 Å². The van der Waals surface area contributed by atoms with E-state index in [0.717, 1.165) is 64.1 Å². The van der Waals surface area contributed by atoms with Crippen molar-refractivity contribution in [1.29, 1.82) is 0 Å². The molecule has 2 atom stereocenters. The Morgan fingerprint density at radius 3 is 2.61 bits per heavy atom. The van der Waals surface area contributed by atoms with Gasteiger partial charge >= 0.3 is 0 Å². The summed E-state index contributed by atoms with van der Waals surface area (Å²) in [6.07, 6.45) is 4.02.